The van der Waals surface area contributed by atoms with Crippen LogP contribution < -0.4 is 5.73 Å². The maximum absolute atomic E-state index is 13.0. The highest BCUT2D eigenvalue weighted by Crippen LogP contribution is 2.23. The van der Waals surface area contributed by atoms with E-state index < -0.39 is 5.82 Å². The predicted octanol–water partition coefficient (Wildman–Crippen LogP) is 1.73. The maximum Gasteiger partial charge on any atom is 0.165 e. The minimum atomic E-state index is -0.573. The number of hydrogen-bond donors (Lipinski definition) is 2. The third-order valence-electron chi connectivity index (χ3n) is 1.83. The molecule has 3 heteroatoms. The van der Waals surface area contributed by atoms with E-state index in [4.69, 9.17) is 5.73 Å². The second kappa shape index (κ2) is 3.75. The Morgan fingerprint density at radius 1 is 1.54 bits per heavy atom. The van der Waals surface area contributed by atoms with Crippen molar-refractivity contribution in [2.75, 3.05) is 0 Å². The molecule has 0 aromatic heterocycles. The average Bonchev–Trinajstić information content (AvgIpc) is 1.98. The van der Waals surface area contributed by atoms with Crippen LogP contribution in [0.3, 0.4) is 0 Å². The first-order valence-electron chi connectivity index (χ1n) is 4.24. The first-order chi connectivity index (χ1) is 6.00. The van der Waals surface area contributed by atoms with Gasteiger partial charge in [0.05, 0.1) is 0 Å². The van der Waals surface area contributed by atoms with E-state index >= 15 is 0 Å². The molecule has 1 unspecified atom stereocenters. The maximum atomic E-state index is 13.0. The van der Waals surface area contributed by atoms with Crippen LogP contribution in [0.25, 0.3) is 0 Å². The second-order valence-electron chi connectivity index (χ2n) is 3.44. The summed E-state index contributed by atoms with van der Waals surface area (Å²) in [5.41, 5.74) is 6.93. The Bertz CT molecular complexity index is 310. The highest BCUT2D eigenvalue weighted by molar-refractivity contribution is 5.37. The third kappa shape index (κ3) is 2.42. The van der Waals surface area contributed by atoms with Gasteiger partial charge in [0, 0.05) is 6.04 Å². The van der Waals surface area contributed by atoms with E-state index in [1.165, 1.54) is 6.07 Å². The molecule has 0 fully saturated rings. The van der Waals surface area contributed by atoms with E-state index in [-0.39, 0.29) is 11.8 Å². The highest BCUT2D eigenvalue weighted by Gasteiger charge is 2.09. The van der Waals surface area contributed by atoms with Gasteiger partial charge in [0.2, 0.25) is 0 Å². The molecule has 13 heavy (non-hydrogen) atoms. The fourth-order valence-corrected chi connectivity index (χ4v) is 1.31. The van der Waals surface area contributed by atoms with Crippen LogP contribution in [0.4, 0.5) is 4.39 Å². The van der Waals surface area contributed by atoms with Crippen LogP contribution in [-0.4, -0.2) is 11.1 Å². The Kier molecular flexibility index (Phi) is 2.88. The lowest BCUT2D eigenvalue weighted by molar-refractivity contribution is 0.423. The summed E-state index contributed by atoms with van der Waals surface area (Å²) < 4.78 is 13.0. The summed E-state index contributed by atoms with van der Waals surface area (Å²) in [6, 6.07) is 2.98. The quantitative estimate of drug-likeness (QED) is 0.733. The van der Waals surface area contributed by atoms with Crippen molar-refractivity contribution >= 4 is 0 Å². The molecule has 0 heterocycles. The van der Waals surface area contributed by atoms with Gasteiger partial charge in [-0.1, -0.05) is 6.07 Å². The third-order valence-corrected chi connectivity index (χ3v) is 1.83. The topological polar surface area (TPSA) is 46.2 Å². The predicted molar refractivity (Wildman–Crippen MR) is 50.2 cm³/mol. The van der Waals surface area contributed by atoms with Crippen LogP contribution >= 0.6 is 0 Å². The lowest BCUT2D eigenvalue weighted by Crippen LogP contribution is -2.18. The Morgan fingerprint density at radius 2 is 2.15 bits per heavy atom. The summed E-state index contributed by atoms with van der Waals surface area (Å²) in [6.07, 6.45) is 0.491. The van der Waals surface area contributed by atoms with Crippen molar-refractivity contribution in [1.82, 2.24) is 0 Å². The van der Waals surface area contributed by atoms with Gasteiger partial charge in [-0.05, 0) is 37.5 Å². The Morgan fingerprint density at radius 3 is 2.69 bits per heavy atom. The molecule has 0 aliphatic rings. The number of phenolic OH excluding ortho intramolecular Hbond substituents is 1. The SMILES string of the molecule is Cc1cc(F)c(O)c(CC(C)N)c1. The lowest BCUT2D eigenvalue weighted by atomic mass is 10.0. The Hall–Kier alpha value is -1.09. The summed E-state index contributed by atoms with van der Waals surface area (Å²) in [4.78, 5) is 0. The van der Waals surface area contributed by atoms with Crippen LogP contribution in [0.5, 0.6) is 5.75 Å². The summed E-state index contributed by atoms with van der Waals surface area (Å²) in [5, 5.41) is 9.34. The van der Waals surface area contributed by atoms with E-state index in [2.05, 4.69) is 0 Å². The fourth-order valence-electron chi connectivity index (χ4n) is 1.31. The van der Waals surface area contributed by atoms with Crippen LogP contribution in [0, 0.1) is 12.7 Å². The van der Waals surface area contributed by atoms with Gasteiger partial charge in [0.15, 0.2) is 11.6 Å². The molecule has 0 saturated carbocycles. The summed E-state index contributed by atoms with van der Waals surface area (Å²) in [7, 11) is 0. The lowest BCUT2D eigenvalue weighted by Gasteiger charge is -2.09. The Labute approximate surface area is 77.2 Å². The molecular weight excluding hydrogens is 169 g/mol. The first kappa shape index (κ1) is 9.99. The summed E-state index contributed by atoms with van der Waals surface area (Å²) in [5.74, 6) is -0.849. The summed E-state index contributed by atoms with van der Waals surface area (Å²) >= 11 is 0. The van der Waals surface area contributed by atoms with Gasteiger partial charge in [-0.3, -0.25) is 0 Å². The number of phenols is 1. The van der Waals surface area contributed by atoms with E-state index in [0.717, 1.165) is 5.56 Å². The van der Waals surface area contributed by atoms with Gasteiger partial charge in [-0.25, -0.2) is 4.39 Å². The van der Waals surface area contributed by atoms with Crippen LogP contribution in [0.15, 0.2) is 12.1 Å². The molecule has 2 nitrogen and oxygen atoms in total. The van der Waals surface area contributed by atoms with Crippen molar-refractivity contribution < 1.29 is 9.50 Å². The molecule has 0 amide bonds. The molecule has 0 aliphatic carbocycles. The molecule has 1 aromatic carbocycles. The van der Waals surface area contributed by atoms with Crippen LogP contribution in [-0.2, 0) is 6.42 Å². The number of benzene rings is 1. The molecule has 1 aromatic rings. The van der Waals surface area contributed by atoms with Crippen molar-refractivity contribution in [1.29, 1.82) is 0 Å². The summed E-state index contributed by atoms with van der Waals surface area (Å²) in [6.45, 7) is 3.60. The first-order valence-corrected chi connectivity index (χ1v) is 4.24. The molecule has 3 N–H and O–H groups in total. The van der Waals surface area contributed by atoms with Crippen molar-refractivity contribution in [2.24, 2.45) is 5.73 Å². The molecule has 0 aliphatic heterocycles. The largest absolute Gasteiger partial charge is 0.505 e. The molecule has 0 saturated heterocycles. The monoisotopic (exact) mass is 183 g/mol. The molecule has 0 spiro atoms. The minimum Gasteiger partial charge on any atom is -0.505 e. The zero-order chi connectivity index (χ0) is 10.0. The number of hydrogen-bond acceptors (Lipinski definition) is 2. The van der Waals surface area contributed by atoms with E-state index in [9.17, 15) is 9.50 Å². The zero-order valence-corrected chi connectivity index (χ0v) is 7.84. The number of halogens is 1. The van der Waals surface area contributed by atoms with E-state index in [0.29, 0.717) is 12.0 Å². The van der Waals surface area contributed by atoms with Gasteiger partial charge < -0.3 is 10.8 Å². The zero-order valence-electron chi connectivity index (χ0n) is 7.84. The smallest absolute Gasteiger partial charge is 0.165 e. The van der Waals surface area contributed by atoms with Gasteiger partial charge in [0.1, 0.15) is 0 Å². The average molecular weight is 183 g/mol. The van der Waals surface area contributed by atoms with Crippen molar-refractivity contribution in [2.45, 2.75) is 26.3 Å². The fraction of sp³-hybridized carbons (Fsp3) is 0.400. The van der Waals surface area contributed by atoms with Crippen molar-refractivity contribution in [3.63, 3.8) is 0 Å². The minimum absolute atomic E-state index is 0.0768. The highest BCUT2D eigenvalue weighted by atomic mass is 19.1. The molecule has 1 atom stereocenters. The Balaban J connectivity index is 3.05. The molecule has 1 rings (SSSR count). The van der Waals surface area contributed by atoms with Gasteiger partial charge in [-0.15, -0.1) is 0 Å². The number of aromatic hydroxyl groups is 1. The van der Waals surface area contributed by atoms with Crippen LogP contribution in [0.2, 0.25) is 0 Å². The molecule has 0 bridgehead atoms. The van der Waals surface area contributed by atoms with Crippen LogP contribution in [0.1, 0.15) is 18.1 Å². The number of aryl methyl sites for hydroxylation is 1. The van der Waals surface area contributed by atoms with Gasteiger partial charge >= 0.3 is 0 Å². The van der Waals surface area contributed by atoms with Gasteiger partial charge in [0.25, 0.3) is 0 Å². The molecule has 72 valence electrons. The molecular formula is C10H14FNO. The van der Waals surface area contributed by atoms with E-state index in [1.54, 1.807) is 13.0 Å². The molecule has 0 radical (unpaired) electrons. The second-order valence-corrected chi connectivity index (χ2v) is 3.44. The number of nitrogens with two attached hydrogens (primary N) is 1. The number of rotatable bonds is 2. The standard InChI is InChI=1S/C10H14FNO/c1-6-3-8(5-7(2)12)10(13)9(11)4-6/h3-4,7,13H,5,12H2,1-2H3. The normalized spacial score (nSPS) is 12.9. The van der Waals surface area contributed by atoms with Gasteiger partial charge in [-0.2, -0.15) is 0 Å². The van der Waals surface area contributed by atoms with Crippen molar-refractivity contribution in [3.05, 3.63) is 29.1 Å². The van der Waals surface area contributed by atoms with Crippen molar-refractivity contribution in [3.8, 4) is 5.75 Å². The van der Waals surface area contributed by atoms with E-state index in [1.807, 2.05) is 6.92 Å².